The van der Waals surface area contributed by atoms with Gasteiger partial charge < -0.3 is 14.5 Å². The highest BCUT2D eigenvalue weighted by molar-refractivity contribution is 5.76. The molecule has 6 nitrogen and oxygen atoms in total. The molecule has 150 valence electrons. The minimum absolute atomic E-state index is 0.270. The number of rotatable bonds is 5. The van der Waals surface area contributed by atoms with Gasteiger partial charge in [0.25, 0.3) is 0 Å². The molecule has 1 saturated heterocycles. The first-order valence-corrected chi connectivity index (χ1v) is 10.4. The van der Waals surface area contributed by atoms with E-state index < -0.39 is 0 Å². The van der Waals surface area contributed by atoms with Gasteiger partial charge in [-0.15, -0.1) is 0 Å². The standard InChI is InChI=1S/C22H30N4O2/c1-28-20-8-6-18(7-9-20)21-16-19-17-25(13-5-14-26(19)23-21)22(27)10-15-24-11-3-2-4-12-24/h6-9,16H,2-5,10-15,17H2,1H3. The second-order valence-electron chi connectivity index (χ2n) is 7.79. The third-order valence-electron chi connectivity index (χ3n) is 5.84. The van der Waals surface area contributed by atoms with E-state index in [1.807, 2.05) is 29.2 Å². The third-order valence-corrected chi connectivity index (χ3v) is 5.84. The van der Waals surface area contributed by atoms with Crippen molar-refractivity contribution >= 4 is 5.91 Å². The van der Waals surface area contributed by atoms with Crippen LogP contribution in [0.3, 0.4) is 0 Å². The van der Waals surface area contributed by atoms with Crippen LogP contribution in [-0.2, 0) is 17.9 Å². The van der Waals surface area contributed by atoms with Crippen molar-refractivity contribution in [3.05, 3.63) is 36.0 Å². The van der Waals surface area contributed by atoms with E-state index in [2.05, 4.69) is 15.6 Å². The van der Waals surface area contributed by atoms with E-state index >= 15 is 0 Å². The van der Waals surface area contributed by atoms with Crippen molar-refractivity contribution in [2.24, 2.45) is 0 Å². The molecule has 1 amide bonds. The zero-order chi connectivity index (χ0) is 19.3. The number of fused-ring (bicyclic) bond motifs is 1. The number of carbonyl (C=O) groups excluding carboxylic acids is 1. The van der Waals surface area contributed by atoms with Gasteiger partial charge in [0, 0.05) is 31.6 Å². The average molecular weight is 383 g/mol. The molecular formula is C22H30N4O2. The van der Waals surface area contributed by atoms with Crippen molar-refractivity contribution < 1.29 is 9.53 Å². The Balaban J connectivity index is 1.41. The first kappa shape index (κ1) is 19.0. The average Bonchev–Trinajstić information content (AvgIpc) is 3.04. The first-order chi connectivity index (χ1) is 13.7. The van der Waals surface area contributed by atoms with Crippen molar-refractivity contribution in [2.75, 3.05) is 33.3 Å². The number of hydrogen-bond acceptors (Lipinski definition) is 4. The zero-order valence-electron chi connectivity index (χ0n) is 16.8. The van der Waals surface area contributed by atoms with E-state index in [1.54, 1.807) is 7.11 Å². The maximum absolute atomic E-state index is 12.8. The molecule has 0 bridgehead atoms. The first-order valence-electron chi connectivity index (χ1n) is 10.4. The fraction of sp³-hybridized carbons (Fsp3) is 0.545. The second-order valence-corrected chi connectivity index (χ2v) is 7.79. The lowest BCUT2D eigenvalue weighted by molar-refractivity contribution is -0.132. The molecule has 2 aromatic rings. The molecule has 0 saturated carbocycles. The van der Waals surface area contributed by atoms with Crippen molar-refractivity contribution in [1.29, 1.82) is 0 Å². The number of amides is 1. The third kappa shape index (κ3) is 4.38. The smallest absolute Gasteiger partial charge is 0.224 e. The monoisotopic (exact) mass is 382 g/mol. The Morgan fingerprint density at radius 3 is 2.57 bits per heavy atom. The Labute approximate surface area is 167 Å². The second kappa shape index (κ2) is 8.78. The number of likely N-dealkylation sites (tertiary alicyclic amines) is 1. The summed E-state index contributed by atoms with van der Waals surface area (Å²) in [5.41, 5.74) is 3.15. The number of carbonyl (C=O) groups is 1. The maximum atomic E-state index is 12.8. The van der Waals surface area contributed by atoms with Crippen molar-refractivity contribution in [2.45, 2.75) is 45.2 Å². The van der Waals surface area contributed by atoms with Crippen LogP contribution in [0.25, 0.3) is 11.3 Å². The molecule has 0 radical (unpaired) electrons. The van der Waals surface area contributed by atoms with Crippen LogP contribution in [0.15, 0.2) is 30.3 Å². The van der Waals surface area contributed by atoms with Gasteiger partial charge in [0.05, 0.1) is 25.0 Å². The predicted octanol–water partition coefficient (Wildman–Crippen LogP) is 3.17. The fourth-order valence-electron chi connectivity index (χ4n) is 4.17. The van der Waals surface area contributed by atoms with E-state index in [4.69, 9.17) is 9.84 Å². The number of aromatic nitrogens is 2. The van der Waals surface area contributed by atoms with E-state index in [0.29, 0.717) is 13.0 Å². The van der Waals surface area contributed by atoms with Crippen LogP contribution < -0.4 is 4.74 Å². The summed E-state index contributed by atoms with van der Waals surface area (Å²) in [6.45, 7) is 5.52. The van der Waals surface area contributed by atoms with Gasteiger partial charge in [0.15, 0.2) is 0 Å². The normalized spacial score (nSPS) is 17.8. The molecule has 1 fully saturated rings. The van der Waals surface area contributed by atoms with Gasteiger partial charge in [0.1, 0.15) is 5.75 Å². The van der Waals surface area contributed by atoms with Crippen LogP contribution in [0.2, 0.25) is 0 Å². The Hall–Kier alpha value is -2.34. The zero-order valence-corrected chi connectivity index (χ0v) is 16.8. The quantitative estimate of drug-likeness (QED) is 0.797. The summed E-state index contributed by atoms with van der Waals surface area (Å²) in [5.74, 6) is 1.11. The lowest BCUT2D eigenvalue weighted by atomic mass is 10.1. The Morgan fingerprint density at radius 2 is 1.82 bits per heavy atom. The molecule has 0 atom stereocenters. The Morgan fingerprint density at radius 1 is 1.04 bits per heavy atom. The molecule has 4 rings (SSSR count). The number of nitrogens with zero attached hydrogens (tertiary/aromatic N) is 4. The van der Waals surface area contributed by atoms with Crippen LogP contribution in [0, 0.1) is 0 Å². The maximum Gasteiger partial charge on any atom is 0.224 e. The van der Waals surface area contributed by atoms with E-state index in [-0.39, 0.29) is 5.91 Å². The highest BCUT2D eigenvalue weighted by Crippen LogP contribution is 2.24. The van der Waals surface area contributed by atoms with Gasteiger partial charge in [-0.3, -0.25) is 9.48 Å². The SMILES string of the molecule is COc1ccc(-c2cc3n(n2)CCCN(C(=O)CCN2CCCCC2)C3)cc1. The van der Waals surface area contributed by atoms with E-state index in [9.17, 15) is 4.79 Å². The summed E-state index contributed by atoms with van der Waals surface area (Å²) in [4.78, 5) is 17.3. The summed E-state index contributed by atoms with van der Waals surface area (Å²) in [6.07, 6.45) is 5.44. The summed E-state index contributed by atoms with van der Waals surface area (Å²) in [5, 5.41) is 4.78. The molecule has 28 heavy (non-hydrogen) atoms. The lowest BCUT2D eigenvalue weighted by Gasteiger charge is -2.27. The van der Waals surface area contributed by atoms with Crippen molar-refractivity contribution in [3.63, 3.8) is 0 Å². The molecule has 0 unspecified atom stereocenters. The summed E-state index contributed by atoms with van der Waals surface area (Å²) >= 11 is 0. The molecule has 0 aliphatic carbocycles. The number of piperidine rings is 1. The van der Waals surface area contributed by atoms with Crippen LogP contribution in [-0.4, -0.2) is 58.8 Å². The largest absolute Gasteiger partial charge is 0.497 e. The topological polar surface area (TPSA) is 50.6 Å². The molecule has 1 aromatic carbocycles. The number of ether oxygens (including phenoxy) is 1. The summed E-state index contributed by atoms with van der Waals surface area (Å²) in [6, 6.07) is 10.1. The van der Waals surface area contributed by atoms with Crippen LogP contribution in [0.1, 0.15) is 37.8 Å². The Kier molecular flexibility index (Phi) is 5.95. The molecule has 2 aliphatic rings. The van der Waals surface area contributed by atoms with Gasteiger partial charge in [-0.25, -0.2) is 0 Å². The molecule has 2 aliphatic heterocycles. The molecule has 0 spiro atoms. The Bertz CT molecular complexity index is 793. The highest BCUT2D eigenvalue weighted by atomic mass is 16.5. The van der Waals surface area contributed by atoms with Gasteiger partial charge in [-0.2, -0.15) is 5.10 Å². The van der Waals surface area contributed by atoms with Gasteiger partial charge >= 0.3 is 0 Å². The summed E-state index contributed by atoms with van der Waals surface area (Å²) in [7, 11) is 1.67. The molecule has 3 heterocycles. The molecule has 0 N–H and O–H groups in total. The minimum Gasteiger partial charge on any atom is -0.497 e. The highest BCUT2D eigenvalue weighted by Gasteiger charge is 2.22. The van der Waals surface area contributed by atoms with Crippen molar-refractivity contribution in [1.82, 2.24) is 19.6 Å². The van der Waals surface area contributed by atoms with Gasteiger partial charge in [-0.1, -0.05) is 6.42 Å². The molecule has 6 heteroatoms. The predicted molar refractivity (Wildman–Crippen MR) is 109 cm³/mol. The molecular weight excluding hydrogens is 352 g/mol. The van der Waals surface area contributed by atoms with Crippen molar-refractivity contribution in [3.8, 4) is 17.0 Å². The van der Waals surface area contributed by atoms with Gasteiger partial charge in [0.2, 0.25) is 5.91 Å². The minimum atomic E-state index is 0.270. The fourth-order valence-corrected chi connectivity index (χ4v) is 4.17. The van der Waals surface area contributed by atoms with Gasteiger partial charge in [-0.05, 0) is 62.7 Å². The number of methoxy groups -OCH3 is 1. The number of aryl methyl sites for hydroxylation is 1. The van der Waals surface area contributed by atoms with Crippen LogP contribution in [0.4, 0.5) is 0 Å². The number of hydrogen-bond donors (Lipinski definition) is 0. The van der Waals surface area contributed by atoms with E-state index in [0.717, 1.165) is 61.8 Å². The number of benzene rings is 1. The van der Waals surface area contributed by atoms with Crippen LogP contribution >= 0.6 is 0 Å². The van der Waals surface area contributed by atoms with E-state index in [1.165, 1.54) is 19.3 Å². The molecule has 1 aromatic heterocycles. The lowest BCUT2D eigenvalue weighted by Crippen LogP contribution is -2.36. The van der Waals surface area contributed by atoms with Crippen LogP contribution in [0.5, 0.6) is 5.75 Å². The summed E-state index contributed by atoms with van der Waals surface area (Å²) < 4.78 is 7.30.